The van der Waals surface area contributed by atoms with Crippen LogP contribution in [0.2, 0.25) is 13.1 Å². The Morgan fingerprint density at radius 3 is 1.85 bits per heavy atom. The number of rotatable bonds is 0. The van der Waals surface area contributed by atoms with Gasteiger partial charge in [-0.2, -0.15) is 0 Å². The van der Waals surface area contributed by atoms with E-state index in [1.807, 2.05) is 22.7 Å². The molecule has 2 aromatic rings. The van der Waals surface area contributed by atoms with Crippen molar-refractivity contribution >= 4 is 41.1 Å². The summed E-state index contributed by atoms with van der Waals surface area (Å²) in [7, 11) is -1.26. The van der Waals surface area contributed by atoms with E-state index in [9.17, 15) is 0 Å². The fraction of sp³-hybridized carbons (Fsp3) is 0.200. The zero-order valence-corrected chi connectivity index (χ0v) is 10.3. The molecule has 1 aliphatic rings. The van der Waals surface area contributed by atoms with Crippen LogP contribution in [0.4, 0.5) is 0 Å². The third kappa shape index (κ3) is 0.847. The van der Waals surface area contributed by atoms with Crippen molar-refractivity contribution in [2.24, 2.45) is 0 Å². The second kappa shape index (κ2) is 2.35. The third-order valence-electron chi connectivity index (χ3n) is 2.88. The molecule has 0 bridgehead atoms. The maximum Gasteiger partial charge on any atom is 0.116 e. The van der Waals surface area contributed by atoms with E-state index in [1.165, 1.54) is 0 Å². The van der Waals surface area contributed by atoms with Gasteiger partial charge in [0.2, 0.25) is 0 Å². The average Bonchev–Trinajstić information content (AvgIpc) is 2.74. The highest BCUT2D eigenvalue weighted by Gasteiger charge is 2.38. The van der Waals surface area contributed by atoms with Gasteiger partial charge in [0.05, 0.1) is 0 Å². The minimum absolute atomic E-state index is 1.26. The molecule has 0 saturated heterocycles. The Morgan fingerprint density at radius 2 is 1.38 bits per heavy atom. The molecule has 0 N–H and O–H groups in total. The predicted octanol–water partition coefficient (Wildman–Crippen LogP) is 2.61. The largest absolute Gasteiger partial charge is 0.143 e. The van der Waals surface area contributed by atoms with Gasteiger partial charge in [-0.15, -0.1) is 22.7 Å². The summed E-state index contributed by atoms with van der Waals surface area (Å²) in [4.78, 5) is 3.11. The molecule has 0 fully saturated rings. The summed E-state index contributed by atoms with van der Waals surface area (Å²) in [6.45, 7) is 4.91. The molecule has 0 aromatic carbocycles. The molecule has 0 radical (unpaired) electrons. The van der Waals surface area contributed by atoms with Crippen molar-refractivity contribution in [3.8, 4) is 9.75 Å². The summed E-state index contributed by atoms with van der Waals surface area (Å²) >= 11 is 3.81. The summed E-state index contributed by atoms with van der Waals surface area (Å²) in [5, 5.41) is 7.78. The lowest BCUT2D eigenvalue weighted by Crippen LogP contribution is -2.48. The second-order valence-corrected chi connectivity index (χ2v) is 10.1. The number of hydrogen-bond donors (Lipinski definition) is 0. The highest BCUT2D eigenvalue weighted by molar-refractivity contribution is 7.27. The van der Waals surface area contributed by atoms with Crippen LogP contribution in [0.1, 0.15) is 0 Å². The highest BCUT2D eigenvalue weighted by Crippen LogP contribution is 2.35. The summed E-state index contributed by atoms with van der Waals surface area (Å²) < 4.78 is 0. The zero-order chi connectivity index (χ0) is 9.05. The minimum Gasteiger partial charge on any atom is -0.143 e. The molecule has 3 heterocycles. The lowest BCUT2D eigenvalue weighted by molar-refractivity contribution is 1.86. The molecular weight excluding hydrogens is 212 g/mol. The van der Waals surface area contributed by atoms with E-state index in [0.29, 0.717) is 0 Å². The van der Waals surface area contributed by atoms with E-state index in [2.05, 4.69) is 36.0 Å². The van der Waals surface area contributed by atoms with Crippen LogP contribution < -0.4 is 10.4 Å². The summed E-state index contributed by atoms with van der Waals surface area (Å²) in [6, 6.07) is 4.66. The Bertz CT molecular complexity index is 422. The summed E-state index contributed by atoms with van der Waals surface area (Å²) in [6.07, 6.45) is 0. The molecule has 0 aliphatic carbocycles. The van der Waals surface area contributed by atoms with E-state index in [4.69, 9.17) is 0 Å². The maximum absolute atomic E-state index is 2.46. The molecule has 0 nitrogen and oxygen atoms in total. The normalized spacial score (nSPS) is 17.1. The van der Waals surface area contributed by atoms with Crippen molar-refractivity contribution in [2.45, 2.75) is 13.1 Å². The minimum atomic E-state index is -1.26. The smallest absolute Gasteiger partial charge is 0.116 e. The van der Waals surface area contributed by atoms with Gasteiger partial charge >= 0.3 is 0 Å². The molecule has 0 saturated carbocycles. The van der Waals surface area contributed by atoms with Crippen LogP contribution in [0.15, 0.2) is 22.9 Å². The van der Waals surface area contributed by atoms with Gasteiger partial charge in [0, 0.05) is 9.75 Å². The highest BCUT2D eigenvalue weighted by atomic mass is 32.1. The van der Waals surface area contributed by atoms with Crippen molar-refractivity contribution in [3.63, 3.8) is 0 Å². The van der Waals surface area contributed by atoms with E-state index < -0.39 is 8.07 Å². The Kier molecular flexibility index (Phi) is 1.44. The first-order chi connectivity index (χ1) is 6.21. The van der Waals surface area contributed by atoms with E-state index in [-0.39, 0.29) is 0 Å². The van der Waals surface area contributed by atoms with Gasteiger partial charge in [-0.25, -0.2) is 0 Å². The Balaban J connectivity index is 2.44. The summed E-state index contributed by atoms with van der Waals surface area (Å²) in [5.74, 6) is 0. The van der Waals surface area contributed by atoms with Gasteiger partial charge in [-0.3, -0.25) is 0 Å². The van der Waals surface area contributed by atoms with Gasteiger partial charge in [-0.1, -0.05) is 25.2 Å². The van der Waals surface area contributed by atoms with Gasteiger partial charge in [0.15, 0.2) is 0 Å². The SMILES string of the molecule is C[Si]1(C)c2ccsc2-c2sccc21. The molecule has 3 rings (SSSR count). The number of fused-ring (bicyclic) bond motifs is 3. The third-order valence-corrected chi connectivity index (χ3v) is 8.77. The monoisotopic (exact) mass is 222 g/mol. The second-order valence-electron chi connectivity index (χ2n) is 3.95. The number of thiophene rings is 2. The Labute approximate surface area is 86.9 Å². The maximum atomic E-state index is 2.46. The quantitative estimate of drug-likeness (QED) is 0.601. The molecule has 0 amide bonds. The van der Waals surface area contributed by atoms with Crippen LogP contribution in [0.3, 0.4) is 0 Å². The van der Waals surface area contributed by atoms with Gasteiger partial charge < -0.3 is 0 Å². The molecule has 1 aliphatic heterocycles. The van der Waals surface area contributed by atoms with Gasteiger partial charge in [-0.05, 0) is 21.1 Å². The standard InChI is InChI=1S/C10H10S2Si/c1-13(2)7-3-5-11-9(7)10-8(13)4-6-12-10/h3-6H,1-2H3. The van der Waals surface area contributed by atoms with Crippen molar-refractivity contribution in [1.29, 1.82) is 0 Å². The van der Waals surface area contributed by atoms with Crippen LogP contribution in [-0.2, 0) is 0 Å². The van der Waals surface area contributed by atoms with Crippen LogP contribution in [0.5, 0.6) is 0 Å². The van der Waals surface area contributed by atoms with Gasteiger partial charge in [0.1, 0.15) is 8.07 Å². The number of hydrogen-bond acceptors (Lipinski definition) is 2. The zero-order valence-electron chi connectivity index (χ0n) is 7.63. The van der Waals surface area contributed by atoms with Crippen LogP contribution in [0, 0.1) is 0 Å². The lowest BCUT2D eigenvalue weighted by atomic mass is 10.4. The average molecular weight is 222 g/mol. The van der Waals surface area contributed by atoms with E-state index in [1.54, 1.807) is 20.1 Å². The predicted molar refractivity (Wildman–Crippen MR) is 64.4 cm³/mol. The lowest BCUT2D eigenvalue weighted by Gasteiger charge is -2.15. The first kappa shape index (κ1) is 7.97. The molecule has 0 spiro atoms. The van der Waals surface area contributed by atoms with Crippen LogP contribution >= 0.6 is 22.7 Å². The molecule has 13 heavy (non-hydrogen) atoms. The molecule has 0 atom stereocenters. The Hall–Kier alpha value is -0.383. The first-order valence-electron chi connectivity index (χ1n) is 4.37. The van der Waals surface area contributed by atoms with Crippen molar-refractivity contribution < 1.29 is 0 Å². The van der Waals surface area contributed by atoms with Crippen molar-refractivity contribution in [2.75, 3.05) is 0 Å². The molecular formula is C10H10S2Si. The van der Waals surface area contributed by atoms with E-state index in [0.717, 1.165) is 0 Å². The first-order valence-corrected chi connectivity index (χ1v) is 9.13. The molecule has 3 heteroatoms. The fourth-order valence-electron chi connectivity index (χ4n) is 2.10. The Morgan fingerprint density at radius 1 is 0.923 bits per heavy atom. The topological polar surface area (TPSA) is 0 Å². The van der Waals surface area contributed by atoms with Crippen molar-refractivity contribution in [3.05, 3.63) is 22.9 Å². The van der Waals surface area contributed by atoms with Crippen molar-refractivity contribution in [1.82, 2.24) is 0 Å². The fourth-order valence-corrected chi connectivity index (χ4v) is 8.88. The van der Waals surface area contributed by atoms with Crippen LogP contribution in [0.25, 0.3) is 9.75 Å². The van der Waals surface area contributed by atoms with E-state index >= 15 is 0 Å². The molecule has 0 unspecified atom stereocenters. The van der Waals surface area contributed by atoms with Crippen LogP contribution in [-0.4, -0.2) is 8.07 Å². The molecule has 66 valence electrons. The molecule has 2 aromatic heterocycles. The van der Waals surface area contributed by atoms with Gasteiger partial charge in [0.25, 0.3) is 0 Å². The summed E-state index contributed by atoms with van der Waals surface area (Å²) in [5.41, 5.74) is 0.